The van der Waals surface area contributed by atoms with Crippen molar-refractivity contribution in [2.24, 2.45) is 0 Å². The number of halogens is 1. The average Bonchev–Trinajstić information content (AvgIpc) is 3.11. The number of hydrogen-bond donors (Lipinski definition) is 1. The minimum absolute atomic E-state index is 0.0180. The first-order chi connectivity index (χ1) is 12.5. The highest BCUT2D eigenvalue weighted by molar-refractivity contribution is 8.03. The minimum Gasteiger partial charge on any atom is -0.497 e. The molecule has 0 aliphatic rings. The lowest BCUT2D eigenvalue weighted by Gasteiger charge is -2.01. The summed E-state index contributed by atoms with van der Waals surface area (Å²) in [5, 5.41) is 17.2. The Morgan fingerprint density at radius 2 is 1.85 bits per heavy atom. The fourth-order valence-corrected chi connectivity index (χ4v) is 2.71. The Bertz CT molecular complexity index is 937. The molecule has 8 heteroatoms. The van der Waals surface area contributed by atoms with Crippen LogP contribution in [0.4, 0.5) is 4.39 Å². The summed E-state index contributed by atoms with van der Waals surface area (Å²) >= 11 is 0.836. The monoisotopic (exact) mass is 372 g/mol. The number of thioether (sulfide) groups is 1. The molecule has 132 valence electrons. The zero-order valence-corrected chi connectivity index (χ0v) is 14.4. The summed E-state index contributed by atoms with van der Waals surface area (Å²) in [5.41, 5.74) is 1.23. The molecule has 1 N–H and O–H groups in total. The van der Waals surface area contributed by atoms with Crippen LogP contribution in [0.15, 0.2) is 63.1 Å². The second kappa shape index (κ2) is 7.83. The van der Waals surface area contributed by atoms with Crippen LogP contribution in [0.5, 0.6) is 5.75 Å². The van der Waals surface area contributed by atoms with Crippen LogP contribution in [0.3, 0.4) is 0 Å². The van der Waals surface area contributed by atoms with Crippen molar-refractivity contribution in [1.82, 2.24) is 10.2 Å². The van der Waals surface area contributed by atoms with Gasteiger partial charge in [0.1, 0.15) is 16.5 Å². The number of rotatable bonds is 6. The first kappa shape index (κ1) is 17.7. The van der Waals surface area contributed by atoms with E-state index in [0.29, 0.717) is 16.9 Å². The van der Waals surface area contributed by atoms with Crippen LogP contribution in [0.2, 0.25) is 0 Å². The van der Waals surface area contributed by atoms with Crippen LogP contribution in [0, 0.1) is 5.82 Å². The summed E-state index contributed by atoms with van der Waals surface area (Å²) in [6.07, 6.45) is 1.49. The van der Waals surface area contributed by atoms with E-state index in [1.54, 1.807) is 31.4 Å². The molecule has 0 unspecified atom stereocenters. The van der Waals surface area contributed by atoms with Gasteiger partial charge in [-0.3, -0.25) is 0 Å². The summed E-state index contributed by atoms with van der Waals surface area (Å²) in [4.78, 5) is 11.5. The van der Waals surface area contributed by atoms with E-state index in [2.05, 4.69) is 10.2 Å². The van der Waals surface area contributed by atoms with Crippen molar-refractivity contribution in [3.63, 3.8) is 0 Å². The Labute approximate surface area is 152 Å². The summed E-state index contributed by atoms with van der Waals surface area (Å²) < 4.78 is 23.5. The predicted molar refractivity (Wildman–Crippen MR) is 94.2 cm³/mol. The molecule has 26 heavy (non-hydrogen) atoms. The van der Waals surface area contributed by atoms with Crippen LogP contribution >= 0.6 is 11.8 Å². The molecular formula is C18H13FN2O4S. The number of carboxylic acids is 1. The SMILES string of the molecule is COc1ccc(/C=C(/Sc2nnc(-c3ccc(F)cc3)o2)C(=O)O)cc1. The molecule has 0 aliphatic heterocycles. The Kier molecular flexibility index (Phi) is 5.33. The van der Waals surface area contributed by atoms with E-state index in [-0.39, 0.29) is 21.8 Å². The van der Waals surface area contributed by atoms with Gasteiger partial charge in [-0.1, -0.05) is 12.1 Å². The van der Waals surface area contributed by atoms with Gasteiger partial charge in [-0.2, -0.15) is 0 Å². The lowest BCUT2D eigenvalue weighted by Crippen LogP contribution is -1.96. The summed E-state index contributed by atoms with van der Waals surface area (Å²) in [6, 6.07) is 12.5. The van der Waals surface area contributed by atoms with E-state index in [9.17, 15) is 14.3 Å². The minimum atomic E-state index is -1.12. The van der Waals surface area contributed by atoms with Crippen molar-refractivity contribution in [2.75, 3.05) is 7.11 Å². The fourth-order valence-electron chi connectivity index (χ4n) is 2.04. The lowest BCUT2D eigenvalue weighted by molar-refractivity contribution is -0.131. The molecule has 1 heterocycles. The number of nitrogens with zero attached hydrogens (tertiary/aromatic N) is 2. The highest BCUT2D eigenvalue weighted by atomic mass is 32.2. The topological polar surface area (TPSA) is 85.5 Å². The highest BCUT2D eigenvalue weighted by Crippen LogP contribution is 2.30. The van der Waals surface area contributed by atoms with Crippen molar-refractivity contribution in [2.45, 2.75) is 5.22 Å². The molecule has 0 radical (unpaired) electrons. The molecule has 0 saturated heterocycles. The molecule has 3 rings (SSSR count). The number of benzene rings is 2. The van der Waals surface area contributed by atoms with Crippen LogP contribution in [0.1, 0.15) is 5.56 Å². The van der Waals surface area contributed by atoms with Crippen molar-refractivity contribution >= 4 is 23.8 Å². The van der Waals surface area contributed by atoms with Gasteiger partial charge < -0.3 is 14.3 Å². The third-order valence-electron chi connectivity index (χ3n) is 3.32. The lowest BCUT2D eigenvalue weighted by atomic mass is 10.2. The molecular weight excluding hydrogens is 359 g/mol. The molecule has 0 saturated carbocycles. The highest BCUT2D eigenvalue weighted by Gasteiger charge is 2.16. The summed E-state index contributed by atoms with van der Waals surface area (Å²) in [6.45, 7) is 0. The number of aromatic nitrogens is 2. The van der Waals surface area contributed by atoms with Gasteiger partial charge in [-0.05, 0) is 59.8 Å². The molecule has 3 aromatic rings. The molecule has 0 spiro atoms. The first-order valence-electron chi connectivity index (χ1n) is 7.41. The number of carboxylic acid groups (broad SMARTS) is 1. The van der Waals surface area contributed by atoms with Crippen molar-refractivity contribution in [1.29, 1.82) is 0 Å². The third-order valence-corrected chi connectivity index (χ3v) is 4.17. The number of ether oxygens (including phenoxy) is 1. The molecule has 0 atom stereocenters. The third kappa shape index (κ3) is 4.28. The maximum Gasteiger partial charge on any atom is 0.342 e. The van der Waals surface area contributed by atoms with Crippen LogP contribution in [-0.2, 0) is 4.79 Å². The Hall–Kier alpha value is -3.13. The average molecular weight is 372 g/mol. The van der Waals surface area contributed by atoms with Crippen molar-refractivity contribution in [3.8, 4) is 17.2 Å². The maximum atomic E-state index is 13.0. The summed E-state index contributed by atoms with van der Waals surface area (Å²) in [5.74, 6) is -0.639. The van der Waals surface area contributed by atoms with E-state index < -0.39 is 5.97 Å². The number of methoxy groups -OCH3 is 1. The Morgan fingerprint density at radius 1 is 1.15 bits per heavy atom. The molecule has 0 amide bonds. The van der Waals surface area contributed by atoms with Gasteiger partial charge in [0.2, 0.25) is 5.89 Å². The van der Waals surface area contributed by atoms with Crippen molar-refractivity contribution in [3.05, 3.63) is 64.8 Å². The number of hydrogen-bond acceptors (Lipinski definition) is 6. The first-order valence-corrected chi connectivity index (χ1v) is 8.23. The normalized spacial score (nSPS) is 11.4. The van der Waals surface area contributed by atoms with E-state index >= 15 is 0 Å². The quantitative estimate of drug-likeness (QED) is 0.515. The van der Waals surface area contributed by atoms with E-state index in [1.165, 1.54) is 30.3 Å². The Morgan fingerprint density at radius 3 is 2.46 bits per heavy atom. The second-order valence-electron chi connectivity index (χ2n) is 5.07. The van der Waals surface area contributed by atoms with Crippen molar-refractivity contribution < 1.29 is 23.4 Å². The number of aliphatic carboxylic acids is 1. The van der Waals surface area contributed by atoms with Gasteiger partial charge in [-0.15, -0.1) is 10.2 Å². The van der Waals surface area contributed by atoms with Crippen LogP contribution in [-0.4, -0.2) is 28.4 Å². The molecule has 6 nitrogen and oxygen atoms in total. The molecule has 0 fully saturated rings. The summed E-state index contributed by atoms with van der Waals surface area (Å²) in [7, 11) is 1.55. The smallest absolute Gasteiger partial charge is 0.342 e. The molecule has 1 aromatic heterocycles. The zero-order valence-electron chi connectivity index (χ0n) is 13.5. The standard InChI is InChI=1S/C18H13FN2O4S/c1-24-14-8-2-11(3-9-14)10-15(17(22)23)26-18-21-20-16(25-18)12-4-6-13(19)7-5-12/h2-10H,1H3,(H,22,23)/b15-10+. The Balaban J connectivity index is 1.81. The molecule has 2 aromatic carbocycles. The van der Waals surface area contributed by atoms with E-state index in [4.69, 9.17) is 9.15 Å². The van der Waals surface area contributed by atoms with Gasteiger partial charge in [0.25, 0.3) is 5.22 Å². The molecule has 0 bridgehead atoms. The van der Waals surface area contributed by atoms with Gasteiger partial charge in [0.05, 0.1) is 7.11 Å². The van der Waals surface area contributed by atoms with E-state index in [1.807, 2.05) is 0 Å². The van der Waals surface area contributed by atoms with Crippen LogP contribution in [0.25, 0.3) is 17.5 Å². The largest absolute Gasteiger partial charge is 0.497 e. The fraction of sp³-hybridized carbons (Fsp3) is 0.0556. The number of carbonyl (C=O) groups is 1. The van der Waals surface area contributed by atoms with Gasteiger partial charge >= 0.3 is 5.97 Å². The van der Waals surface area contributed by atoms with Gasteiger partial charge in [0.15, 0.2) is 0 Å². The maximum absolute atomic E-state index is 13.0. The van der Waals surface area contributed by atoms with Crippen LogP contribution < -0.4 is 4.74 Å². The molecule has 0 aliphatic carbocycles. The second-order valence-corrected chi connectivity index (χ2v) is 6.06. The predicted octanol–water partition coefficient (Wildman–Crippen LogP) is 4.10. The van der Waals surface area contributed by atoms with Gasteiger partial charge in [-0.25, -0.2) is 9.18 Å². The zero-order chi connectivity index (χ0) is 18.5. The van der Waals surface area contributed by atoms with Gasteiger partial charge in [0, 0.05) is 5.56 Å². The van der Waals surface area contributed by atoms with E-state index in [0.717, 1.165) is 11.8 Å².